The summed E-state index contributed by atoms with van der Waals surface area (Å²) < 4.78 is 5.18. The Hall–Kier alpha value is -1.00. The van der Waals surface area contributed by atoms with E-state index in [4.69, 9.17) is 4.74 Å². The number of aryl methyl sites for hydroxylation is 1. The molecular formula is C12H13NOS2. The maximum absolute atomic E-state index is 5.18. The summed E-state index contributed by atoms with van der Waals surface area (Å²) in [6.45, 7) is 2.03. The van der Waals surface area contributed by atoms with Crippen LogP contribution in [0.3, 0.4) is 0 Å². The number of thiazole rings is 1. The van der Waals surface area contributed by atoms with E-state index < -0.39 is 0 Å². The molecule has 0 unspecified atom stereocenters. The minimum atomic E-state index is 0.902. The minimum Gasteiger partial charge on any atom is -0.497 e. The Morgan fingerprint density at radius 1 is 1.44 bits per heavy atom. The van der Waals surface area contributed by atoms with Gasteiger partial charge in [-0.05, 0) is 25.1 Å². The van der Waals surface area contributed by atoms with Gasteiger partial charge in [-0.2, -0.15) is 0 Å². The molecule has 0 radical (unpaired) electrons. The second kappa shape index (κ2) is 5.37. The van der Waals surface area contributed by atoms with E-state index in [2.05, 4.69) is 16.4 Å². The van der Waals surface area contributed by atoms with Crippen molar-refractivity contribution in [2.75, 3.05) is 7.11 Å². The molecule has 2 aromatic rings. The molecule has 2 rings (SSSR count). The van der Waals surface area contributed by atoms with Gasteiger partial charge in [-0.3, -0.25) is 0 Å². The van der Waals surface area contributed by atoms with Crippen LogP contribution in [0.2, 0.25) is 0 Å². The molecule has 0 spiro atoms. The number of methoxy groups -OCH3 is 1. The van der Waals surface area contributed by atoms with Crippen LogP contribution in [-0.2, 0) is 5.75 Å². The van der Waals surface area contributed by atoms with Crippen molar-refractivity contribution < 1.29 is 4.74 Å². The maximum Gasteiger partial charge on any atom is 0.119 e. The Morgan fingerprint density at radius 2 is 2.31 bits per heavy atom. The van der Waals surface area contributed by atoms with Gasteiger partial charge in [0, 0.05) is 16.0 Å². The number of thioether (sulfide) groups is 1. The second-order valence-electron chi connectivity index (χ2n) is 3.33. The zero-order valence-corrected chi connectivity index (χ0v) is 10.9. The van der Waals surface area contributed by atoms with E-state index in [1.807, 2.05) is 25.1 Å². The fraction of sp³-hybridized carbons (Fsp3) is 0.250. The molecule has 0 aliphatic carbocycles. The van der Waals surface area contributed by atoms with Crippen molar-refractivity contribution in [2.24, 2.45) is 0 Å². The lowest BCUT2D eigenvalue weighted by atomic mass is 10.3. The molecule has 0 fully saturated rings. The summed E-state index contributed by atoms with van der Waals surface area (Å²) in [5, 5.41) is 3.24. The lowest BCUT2D eigenvalue weighted by Crippen LogP contribution is -1.84. The number of rotatable bonds is 4. The molecule has 1 aromatic heterocycles. The van der Waals surface area contributed by atoms with Crippen LogP contribution in [0.4, 0.5) is 0 Å². The number of aromatic nitrogens is 1. The van der Waals surface area contributed by atoms with Gasteiger partial charge in [0.05, 0.1) is 17.8 Å². The number of hydrogen-bond acceptors (Lipinski definition) is 4. The van der Waals surface area contributed by atoms with E-state index in [-0.39, 0.29) is 0 Å². The van der Waals surface area contributed by atoms with Crippen LogP contribution in [0, 0.1) is 6.92 Å². The molecule has 0 saturated heterocycles. The Balaban J connectivity index is 1.99. The number of nitrogens with zero attached hydrogens (tertiary/aromatic N) is 1. The first-order chi connectivity index (χ1) is 7.78. The quantitative estimate of drug-likeness (QED) is 0.773. The molecule has 0 amide bonds. The van der Waals surface area contributed by atoms with Crippen molar-refractivity contribution in [1.82, 2.24) is 4.98 Å². The molecule has 4 heteroatoms. The Morgan fingerprint density at radius 3 is 3.00 bits per heavy atom. The van der Waals surface area contributed by atoms with Gasteiger partial charge < -0.3 is 4.74 Å². The van der Waals surface area contributed by atoms with Gasteiger partial charge in [0.2, 0.25) is 0 Å². The zero-order chi connectivity index (χ0) is 11.4. The van der Waals surface area contributed by atoms with E-state index >= 15 is 0 Å². The van der Waals surface area contributed by atoms with E-state index in [0.29, 0.717) is 0 Å². The van der Waals surface area contributed by atoms with Gasteiger partial charge in [-0.25, -0.2) is 4.98 Å². The Labute approximate surface area is 104 Å². The van der Waals surface area contributed by atoms with Gasteiger partial charge in [-0.15, -0.1) is 23.1 Å². The molecule has 0 saturated carbocycles. The first-order valence-electron chi connectivity index (χ1n) is 4.96. The van der Waals surface area contributed by atoms with Crippen molar-refractivity contribution in [3.05, 3.63) is 40.3 Å². The molecular weight excluding hydrogens is 238 g/mol. The Kier molecular flexibility index (Phi) is 3.85. The molecule has 1 aromatic carbocycles. The summed E-state index contributed by atoms with van der Waals surface area (Å²) in [6, 6.07) is 8.10. The third kappa shape index (κ3) is 3.00. The van der Waals surface area contributed by atoms with Crippen molar-refractivity contribution >= 4 is 23.1 Å². The molecule has 0 N–H and O–H groups in total. The summed E-state index contributed by atoms with van der Waals surface area (Å²) in [7, 11) is 1.69. The first-order valence-corrected chi connectivity index (χ1v) is 6.82. The van der Waals surface area contributed by atoms with E-state index in [0.717, 1.165) is 22.2 Å². The predicted octanol–water partition coefficient (Wildman–Crippen LogP) is 3.75. The van der Waals surface area contributed by atoms with Gasteiger partial charge in [0.15, 0.2) is 0 Å². The van der Waals surface area contributed by atoms with Crippen molar-refractivity contribution in [3.63, 3.8) is 0 Å². The van der Waals surface area contributed by atoms with E-state index in [9.17, 15) is 0 Å². The highest BCUT2D eigenvalue weighted by atomic mass is 32.2. The standard InChI is InChI=1S/C12H13NOS2/c1-9-13-10(7-15-9)8-16-12-5-3-4-11(6-12)14-2/h3-7H,8H2,1-2H3. The predicted molar refractivity (Wildman–Crippen MR) is 69.4 cm³/mol. The summed E-state index contributed by atoms with van der Waals surface area (Å²) in [4.78, 5) is 5.65. The normalized spacial score (nSPS) is 10.4. The topological polar surface area (TPSA) is 22.1 Å². The molecule has 0 aliphatic rings. The first kappa shape index (κ1) is 11.5. The fourth-order valence-electron chi connectivity index (χ4n) is 1.32. The van der Waals surface area contributed by atoms with Crippen molar-refractivity contribution in [2.45, 2.75) is 17.6 Å². The monoisotopic (exact) mass is 251 g/mol. The lowest BCUT2D eigenvalue weighted by Gasteiger charge is -2.02. The fourth-order valence-corrected chi connectivity index (χ4v) is 2.88. The molecule has 0 atom stereocenters. The average molecular weight is 251 g/mol. The number of hydrogen-bond donors (Lipinski definition) is 0. The summed E-state index contributed by atoms with van der Waals surface area (Å²) in [5.41, 5.74) is 1.15. The summed E-state index contributed by atoms with van der Waals surface area (Å²) >= 11 is 3.48. The SMILES string of the molecule is COc1cccc(SCc2csc(C)n2)c1. The molecule has 84 valence electrons. The lowest BCUT2D eigenvalue weighted by molar-refractivity contribution is 0.413. The second-order valence-corrected chi connectivity index (χ2v) is 5.44. The van der Waals surface area contributed by atoms with Crippen LogP contribution in [0.25, 0.3) is 0 Å². The third-order valence-corrected chi connectivity index (χ3v) is 3.94. The van der Waals surface area contributed by atoms with Crippen LogP contribution in [0.15, 0.2) is 34.5 Å². The van der Waals surface area contributed by atoms with Crippen LogP contribution >= 0.6 is 23.1 Å². The number of benzene rings is 1. The van der Waals surface area contributed by atoms with Crippen LogP contribution in [0.1, 0.15) is 10.7 Å². The molecule has 0 bridgehead atoms. The average Bonchev–Trinajstić information content (AvgIpc) is 2.73. The van der Waals surface area contributed by atoms with Gasteiger partial charge in [-0.1, -0.05) is 6.07 Å². The molecule has 16 heavy (non-hydrogen) atoms. The molecule has 0 aliphatic heterocycles. The third-order valence-electron chi connectivity index (χ3n) is 2.09. The minimum absolute atomic E-state index is 0.902. The van der Waals surface area contributed by atoms with Crippen molar-refractivity contribution in [1.29, 1.82) is 0 Å². The Bertz CT molecular complexity index is 468. The van der Waals surface area contributed by atoms with Crippen LogP contribution < -0.4 is 4.74 Å². The smallest absolute Gasteiger partial charge is 0.119 e. The van der Waals surface area contributed by atoms with E-state index in [1.165, 1.54) is 4.90 Å². The van der Waals surface area contributed by atoms with Crippen LogP contribution in [0.5, 0.6) is 5.75 Å². The van der Waals surface area contributed by atoms with Crippen molar-refractivity contribution in [3.8, 4) is 5.75 Å². The molecule has 1 heterocycles. The van der Waals surface area contributed by atoms with Gasteiger partial charge in [0.1, 0.15) is 5.75 Å². The summed E-state index contributed by atoms with van der Waals surface area (Å²) in [5.74, 6) is 1.82. The largest absolute Gasteiger partial charge is 0.497 e. The zero-order valence-electron chi connectivity index (χ0n) is 9.27. The van der Waals surface area contributed by atoms with E-state index in [1.54, 1.807) is 30.2 Å². The highest BCUT2D eigenvalue weighted by Crippen LogP contribution is 2.26. The maximum atomic E-state index is 5.18. The van der Waals surface area contributed by atoms with Gasteiger partial charge >= 0.3 is 0 Å². The number of ether oxygens (including phenoxy) is 1. The van der Waals surface area contributed by atoms with Gasteiger partial charge in [0.25, 0.3) is 0 Å². The highest BCUT2D eigenvalue weighted by Gasteiger charge is 2.01. The highest BCUT2D eigenvalue weighted by molar-refractivity contribution is 7.98. The molecule has 2 nitrogen and oxygen atoms in total. The van der Waals surface area contributed by atoms with Crippen LogP contribution in [-0.4, -0.2) is 12.1 Å². The summed E-state index contributed by atoms with van der Waals surface area (Å²) in [6.07, 6.45) is 0.